The molecule has 112 valence electrons. The highest BCUT2D eigenvalue weighted by Gasteiger charge is 2.20. The highest BCUT2D eigenvalue weighted by Crippen LogP contribution is 2.27. The highest BCUT2D eigenvalue weighted by molar-refractivity contribution is 5.61. The van der Waals surface area contributed by atoms with Crippen LogP contribution in [-0.4, -0.2) is 30.5 Å². The van der Waals surface area contributed by atoms with Gasteiger partial charge >= 0.3 is 0 Å². The molecule has 0 aliphatic carbocycles. The zero-order chi connectivity index (χ0) is 15.4. The first kappa shape index (κ1) is 15.0. The van der Waals surface area contributed by atoms with Gasteiger partial charge in [0.2, 0.25) is 0 Å². The fourth-order valence-electron chi connectivity index (χ4n) is 2.03. The van der Waals surface area contributed by atoms with E-state index in [0.717, 1.165) is 24.0 Å². The van der Waals surface area contributed by atoms with Crippen LogP contribution in [0.3, 0.4) is 0 Å². The molecule has 1 heterocycles. The van der Waals surface area contributed by atoms with Gasteiger partial charge in [0.25, 0.3) is 5.69 Å². The predicted molar refractivity (Wildman–Crippen MR) is 76.7 cm³/mol. The Hall–Kier alpha value is -2.41. The van der Waals surface area contributed by atoms with Crippen LogP contribution in [0.15, 0.2) is 41.0 Å². The van der Waals surface area contributed by atoms with E-state index in [0.29, 0.717) is 6.54 Å². The van der Waals surface area contributed by atoms with E-state index in [1.165, 1.54) is 0 Å². The van der Waals surface area contributed by atoms with E-state index in [2.05, 4.69) is 5.32 Å². The number of halogens is 1. The summed E-state index contributed by atoms with van der Waals surface area (Å²) < 4.78 is 18.6. The number of nitrogens with zero attached hydrogens (tertiary/aromatic N) is 2. The van der Waals surface area contributed by atoms with Gasteiger partial charge in [0, 0.05) is 18.7 Å². The van der Waals surface area contributed by atoms with Gasteiger partial charge in [0.1, 0.15) is 17.3 Å². The molecule has 1 unspecified atom stereocenters. The second-order valence-corrected chi connectivity index (χ2v) is 4.79. The van der Waals surface area contributed by atoms with Gasteiger partial charge in [0.15, 0.2) is 0 Å². The zero-order valence-corrected chi connectivity index (χ0v) is 11.7. The average Bonchev–Trinajstić information content (AvgIpc) is 2.92. The van der Waals surface area contributed by atoms with Gasteiger partial charge < -0.3 is 9.73 Å². The second kappa shape index (κ2) is 6.36. The van der Waals surface area contributed by atoms with Crippen LogP contribution in [0, 0.1) is 15.9 Å². The van der Waals surface area contributed by atoms with Crippen molar-refractivity contribution >= 4 is 11.4 Å². The summed E-state index contributed by atoms with van der Waals surface area (Å²) in [4.78, 5) is 12.3. The van der Waals surface area contributed by atoms with Crippen LogP contribution >= 0.6 is 0 Å². The Bertz CT molecular complexity index is 614. The number of nitro benzene ring substituents is 1. The summed E-state index contributed by atoms with van der Waals surface area (Å²) in [7, 11) is 3.74. The topological polar surface area (TPSA) is 71.5 Å². The van der Waals surface area contributed by atoms with Crippen LogP contribution in [0.4, 0.5) is 15.8 Å². The molecule has 0 fully saturated rings. The lowest BCUT2D eigenvalue weighted by Crippen LogP contribution is -2.26. The lowest BCUT2D eigenvalue weighted by Gasteiger charge is -2.23. The Morgan fingerprint density at radius 2 is 2.19 bits per heavy atom. The first-order chi connectivity index (χ1) is 9.99. The number of hydrogen-bond acceptors (Lipinski definition) is 5. The van der Waals surface area contributed by atoms with Gasteiger partial charge in [-0.3, -0.25) is 15.0 Å². The molecule has 0 saturated heterocycles. The SMILES string of the molecule is CN(C)C(CNc1cc(F)ccc1[N+](=O)[O-])c1ccco1. The molecule has 1 aromatic carbocycles. The molecule has 2 rings (SSSR count). The van der Waals surface area contributed by atoms with E-state index >= 15 is 0 Å². The number of nitrogens with one attached hydrogen (secondary N) is 1. The number of likely N-dealkylation sites (N-methyl/N-ethyl adjacent to an activating group) is 1. The van der Waals surface area contributed by atoms with Crippen LogP contribution < -0.4 is 5.32 Å². The molecule has 0 aliphatic heterocycles. The van der Waals surface area contributed by atoms with Crippen LogP contribution in [-0.2, 0) is 0 Å². The smallest absolute Gasteiger partial charge is 0.292 e. The quantitative estimate of drug-likeness (QED) is 0.654. The third kappa shape index (κ3) is 3.57. The molecule has 0 saturated carbocycles. The summed E-state index contributed by atoms with van der Waals surface area (Å²) in [6, 6.07) is 6.81. The summed E-state index contributed by atoms with van der Waals surface area (Å²) in [5.74, 6) is 0.203. The average molecular weight is 293 g/mol. The predicted octanol–water partition coefficient (Wildman–Crippen LogP) is 3.04. The van der Waals surface area contributed by atoms with E-state index in [1.807, 2.05) is 25.1 Å². The monoisotopic (exact) mass is 293 g/mol. The summed E-state index contributed by atoms with van der Waals surface area (Å²) in [6.07, 6.45) is 1.57. The number of nitro groups is 1. The van der Waals surface area contributed by atoms with Crippen molar-refractivity contribution in [3.05, 3.63) is 58.3 Å². The molecule has 21 heavy (non-hydrogen) atoms. The van der Waals surface area contributed by atoms with Crippen molar-refractivity contribution in [3.8, 4) is 0 Å². The maximum Gasteiger partial charge on any atom is 0.292 e. The molecule has 0 radical (unpaired) electrons. The molecule has 7 heteroatoms. The fourth-order valence-corrected chi connectivity index (χ4v) is 2.03. The molecule has 1 atom stereocenters. The molecule has 0 aliphatic rings. The van der Waals surface area contributed by atoms with Crippen molar-refractivity contribution in [2.45, 2.75) is 6.04 Å². The number of rotatable bonds is 6. The number of hydrogen-bond donors (Lipinski definition) is 1. The Morgan fingerprint density at radius 3 is 2.76 bits per heavy atom. The van der Waals surface area contributed by atoms with E-state index in [1.54, 1.807) is 12.3 Å². The Balaban J connectivity index is 2.18. The number of anilines is 1. The van der Waals surface area contributed by atoms with E-state index < -0.39 is 10.7 Å². The maximum absolute atomic E-state index is 13.3. The van der Waals surface area contributed by atoms with Gasteiger partial charge in [0.05, 0.1) is 17.2 Å². The van der Waals surface area contributed by atoms with Crippen LogP contribution in [0.25, 0.3) is 0 Å². The molecule has 6 nitrogen and oxygen atoms in total. The molecule has 1 aromatic heterocycles. The summed E-state index contributed by atoms with van der Waals surface area (Å²) in [5.41, 5.74) is -0.00763. The lowest BCUT2D eigenvalue weighted by molar-refractivity contribution is -0.384. The maximum atomic E-state index is 13.3. The first-order valence-corrected chi connectivity index (χ1v) is 6.36. The van der Waals surface area contributed by atoms with E-state index in [4.69, 9.17) is 4.42 Å². The van der Waals surface area contributed by atoms with Crippen LogP contribution in [0.1, 0.15) is 11.8 Å². The molecular formula is C14H16FN3O3. The molecule has 0 bridgehead atoms. The van der Waals surface area contributed by atoms with Crippen molar-refractivity contribution in [2.24, 2.45) is 0 Å². The molecule has 0 amide bonds. The second-order valence-electron chi connectivity index (χ2n) is 4.79. The van der Waals surface area contributed by atoms with Crippen molar-refractivity contribution in [3.63, 3.8) is 0 Å². The van der Waals surface area contributed by atoms with E-state index in [-0.39, 0.29) is 17.4 Å². The van der Waals surface area contributed by atoms with Gasteiger partial charge in [-0.25, -0.2) is 4.39 Å². The Labute approximate surface area is 121 Å². The van der Waals surface area contributed by atoms with Crippen LogP contribution in [0.5, 0.6) is 0 Å². The Kier molecular flexibility index (Phi) is 4.54. The zero-order valence-electron chi connectivity index (χ0n) is 11.7. The summed E-state index contributed by atoms with van der Waals surface area (Å²) in [6.45, 7) is 0.352. The summed E-state index contributed by atoms with van der Waals surface area (Å²) in [5, 5.41) is 13.9. The molecule has 1 N–H and O–H groups in total. The standard InChI is InChI=1S/C14H16FN3O3/c1-17(2)13(14-4-3-7-21-14)9-16-11-8-10(15)5-6-12(11)18(19)20/h3-8,13,16H,9H2,1-2H3. The van der Waals surface area contributed by atoms with Crippen molar-refractivity contribution in [1.82, 2.24) is 4.90 Å². The number of furan rings is 1. The Morgan fingerprint density at radius 1 is 1.43 bits per heavy atom. The van der Waals surface area contributed by atoms with Gasteiger partial charge in [-0.1, -0.05) is 0 Å². The summed E-state index contributed by atoms with van der Waals surface area (Å²) >= 11 is 0. The van der Waals surface area contributed by atoms with Gasteiger partial charge in [-0.15, -0.1) is 0 Å². The first-order valence-electron chi connectivity index (χ1n) is 6.36. The minimum Gasteiger partial charge on any atom is -0.468 e. The third-order valence-electron chi connectivity index (χ3n) is 3.14. The fraction of sp³-hybridized carbons (Fsp3) is 0.286. The largest absolute Gasteiger partial charge is 0.468 e. The minimum absolute atomic E-state index is 0.122. The van der Waals surface area contributed by atoms with Crippen molar-refractivity contribution in [1.29, 1.82) is 0 Å². The molecule has 0 spiro atoms. The third-order valence-corrected chi connectivity index (χ3v) is 3.14. The minimum atomic E-state index is -0.542. The van der Waals surface area contributed by atoms with E-state index in [9.17, 15) is 14.5 Å². The van der Waals surface area contributed by atoms with Gasteiger partial charge in [-0.2, -0.15) is 0 Å². The molecule has 2 aromatic rings. The van der Waals surface area contributed by atoms with Crippen LogP contribution in [0.2, 0.25) is 0 Å². The lowest BCUT2D eigenvalue weighted by atomic mass is 10.2. The van der Waals surface area contributed by atoms with Crippen molar-refractivity contribution in [2.75, 3.05) is 26.0 Å². The number of benzene rings is 1. The van der Waals surface area contributed by atoms with Crippen molar-refractivity contribution < 1.29 is 13.7 Å². The molecular weight excluding hydrogens is 277 g/mol. The normalized spacial score (nSPS) is 12.4. The highest BCUT2D eigenvalue weighted by atomic mass is 19.1. The van der Waals surface area contributed by atoms with Gasteiger partial charge in [-0.05, 0) is 32.3 Å².